The Morgan fingerprint density at radius 2 is 2.15 bits per heavy atom. The fraction of sp³-hybridized carbons (Fsp3) is 0.765. The smallest absolute Gasteiger partial charge is 0.122 e. The molecule has 1 saturated heterocycles. The van der Waals surface area contributed by atoms with E-state index in [1.54, 1.807) is 0 Å². The minimum absolute atomic E-state index is 0.520. The fourth-order valence-corrected chi connectivity index (χ4v) is 3.92. The summed E-state index contributed by atoms with van der Waals surface area (Å²) in [6, 6.07) is 3.47. The van der Waals surface area contributed by atoms with Crippen molar-refractivity contribution in [3.8, 4) is 0 Å². The Kier molecular flexibility index (Phi) is 4.47. The third-order valence-electron chi connectivity index (χ3n) is 4.99. The number of likely N-dealkylation sites (tertiary alicyclic amines) is 1. The molecule has 0 amide bonds. The SMILES string of the molecule is CC(C)NCc1ccoc1CN1CCCC2CCCC21. The highest BCUT2D eigenvalue weighted by Gasteiger charge is 2.35. The molecule has 3 nitrogen and oxygen atoms in total. The van der Waals surface area contributed by atoms with Gasteiger partial charge in [0.05, 0.1) is 12.8 Å². The lowest BCUT2D eigenvalue weighted by atomic mass is 9.92. The van der Waals surface area contributed by atoms with Gasteiger partial charge in [-0.25, -0.2) is 0 Å². The molecule has 1 aliphatic heterocycles. The molecule has 20 heavy (non-hydrogen) atoms. The average Bonchev–Trinajstić information content (AvgIpc) is 3.05. The van der Waals surface area contributed by atoms with Crippen molar-refractivity contribution in [1.82, 2.24) is 10.2 Å². The van der Waals surface area contributed by atoms with Gasteiger partial charge in [0.15, 0.2) is 0 Å². The number of fused-ring (bicyclic) bond motifs is 1. The number of furan rings is 1. The van der Waals surface area contributed by atoms with Crippen LogP contribution in [0.2, 0.25) is 0 Å². The van der Waals surface area contributed by atoms with Crippen LogP contribution in [0, 0.1) is 5.92 Å². The average molecular weight is 276 g/mol. The third kappa shape index (κ3) is 3.09. The predicted octanol–water partition coefficient (Wildman–Crippen LogP) is 3.54. The summed E-state index contributed by atoms with van der Waals surface area (Å²) in [7, 11) is 0. The van der Waals surface area contributed by atoms with Gasteiger partial charge in [-0.2, -0.15) is 0 Å². The Balaban J connectivity index is 1.63. The van der Waals surface area contributed by atoms with Gasteiger partial charge in [-0.05, 0) is 44.2 Å². The predicted molar refractivity (Wildman–Crippen MR) is 81.5 cm³/mol. The molecular weight excluding hydrogens is 248 g/mol. The first kappa shape index (κ1) is 14.2. The lowest BCUT2D eigenvalue weighted by Gasteiger charge is -2.37. The van der Waals surface area contributed by atoms with Crippen LogP contribution in [0.25, 0.3) is 0 Å². The summed E-state index contributed by atoms with van der Waals surface area (Å²) < 4.78 is 5.77. The van der Waals surface area contributed by atoms with E-state index >= 15 is 0 Å². The summed E-state index contributed by atoms with van der Waals surface area (Å²) in [5.74, 6) is 2.13. The Bertz CT molecular complexity index is 426. The summed E-state index contributed by atoms with van der Waals surface area (Å²) in [5.41, 5.74) is 1.33. The van der Waals surface area contributed by atoms with E-state index in [2.05, 4.69) is 30.1 Å². The van der Waals surface area contributed by atoms with Crippen molar-refractivity contribution in [1.29, 1.82) is 0 Å². The molecule has 1 aromatic heterocycles. The maximum Gasteiger partial charge on any atom is 0.122 e. The van der Waals surface area contributed by atoms with Crippen LogP contribution in [-0.4, -0.2) is 23.5 Å². The van der Waals surface area contributed by atoms with Crippen LogP contribution in [0.15, 0.2) is 16.7 Å². The zero-order valence-electron chi connectivity index (χ0n) is 12.9. The molecule has 1 aliphatic carbocycles. The van der Waals surface area contributed by atoms with E-state index in [0.717, 1.165) is 25.0 Å². The topological polar surface area (TPSA) is 28.4 Å². The van der Waals surface area contributed by atoms with E-state index in [9.17, 15) is 0 Å². The van der Waals surface area contributed by atoms with Crippen molar-refractivity contribution < 1.29 is 4.42 Å². The number of nitrogens with zero attached hydrogens (tertiary/aromatic N) is 1. The summed E-state index contributed by atoms with van der Waals surface area (Å²) >= 11 is 0. The second-order valence-corrected chi connectivity index (χ2v) is 6.78. The molecule has 2 aliphatic rings. The molecular formula is C17H28N2O. The van der Waals surface area contributed by atoms with E-state index in [1.165, 1.54) is 50.0 Å². The molecule has 1 aromatic rings. The zero-order chi connectivity index (χ0) is 13.9. The van der Waals surface area contributed by atoms with Crippen molar-refractivity contribution in [2.45, 2.75) is 71.1 Å². The number of rotatable bonds is 5. The van der Waals surface area contributed by atoms with Crippen molar-refractivity contribution in [2.75, 3.05) is 6.54 Å². The number of nitrogens with one attached hydrogen (secondary N) is 1. The molecule has 2 unspecified atom stereocenters. The monoisotopic (exact) mass is 276 g/mol. The molecule has 0 bridgehead atoms. The normalized spacial score (nSPS) is 27.1. The van der Waals surface area contributed by atoms with E-state index in [0.29, 0.717) is 6.04 Å². The Labute approximate surface area is 122 Å². The largest absolute Gasteiger partial charge is 0.468 e. The molecule has 2 heterocycles. The van der Waals surface area contributed by atoms with Gasteiger partial charge in [0, 0.05) is 24.2 Å². The first-order valence-corrected chi connectivity index (χ1v) is 8.26. The highest BCUT2D eigenvalue weighted by Crippen LogP contribution is 2.37. The van der Waals surface area contributed by atoms with Crippen molar-refractivity contribution in [3.63, 3.8) is 0 Å². The summed E-state index contributed by atoms with van der Waals surface area (Å²) in [6.07, 6.45) is 8.92. The fourth-order valence-electron chi connectivity index (χ4n) is 3.92. The molecule has 2 atom stereocenters. The Morgan fingerprint density at radius 1 is 1.30 bits per heavy atom. The zero-order valence-corrected chi connectivity index (χ0v) is 12.9. The first-order chi connectivity index (χ1) is 9.74. The highest BCUT2D eigenvalue weighted by molar-refractivity contribution is 5.17. The van der Waals surface area contributed by atoms with Crippen molar-refractivity contribution in [2.24, 2.45) is 5.92 Å². The number of hydrogen-bond acceptors (Lipinski definition) is 3. The minimum Gasteiger partial charge on any atom is -0.468 e. The van der Waals surface area contributed by atoms with Crippen LogP contribution in [0.5, 0.6) is 0 Å². The van der Waals surface area contributed by atoms with Crippen molar-refractivity contribution >= 4 is 0 Å². The first-order valence-electron chi connectivity index (χ1n) is 8.26. The maximum atomic E-state index is 5.77. The Morgan fingerprint density at radius 3 is 3.00 bits per heavy atom. The van der Waals surface area contributed by atoms with Crippen LogP contribution in [-0.2, 0) is 13.1 Å². The quantitative estimate of drug-likeness (QED) is 0.891. The molecule has 0 spiro atoms. The molecule has 2 fully saturated rings. The van der Waals surface area contributed by atoms with Crippen molar-refractivity contribution in [3.05, 3.63) is 23.7 Å². The van der Waals surface area contributed by atoms with Gasteiger partial charge < -0.3 is 9.73 Å². The van der Waals surface area contributed by atoms with Crippen LogP contribution in [0.3, 0.4) is 0 Å². The van der Waals surface area contributed by atoms with Crippen LogP contribution in [0.4, 0.5) is 0 Å². The van der Waals surface area contributed by atoms with Gasteiger partial charge in [-0.3, -0.25) is 4.90 Å². The molecule has 3 heteroatoms. The van der Waals surface area contributed by atoms with Gasteiger partial charge in [-0.15, -0.1) is 0 Å². The third-order valence-corrected chi connectivity index (χ3v) is 4.99. The second kappa shape index (κ2) is 6.31. The van der Waals surface area contributed by atoms with Gasteiger partial charge in [0.25, 0.3) is 0 Å². The molecule has 3 rings (SSSR count). The number of hydrogen-bond donors (Lipinski definition) is 1. The van der Waals surface area contributed by atoms with Gasteiger partial charge >= 0.3 is 0 Å². The van der Waals surface area contributed by atoms with Gasteiger partial charge in [0.2, 0.25) is 0 Å². The van der Waals surface area contributed by atoms with Gasteiger partial charge in [-0.1, -0.05) is 20.3 Å². The summed E-state index contributed by atoms with van der Waals surface area (Å²) in [4.78, 5) is 2.68. The van der Waals surface area contributed by atoms with Gasteiger partial charge in [0.1, 0.15) is 5.76 Å². The van der Waals surface area contributed by atoms with Crippen LogP contribution < -0.4 is 5.32 Å². The van der Waals surface area contributed by atoms with Crippen LogP contribution in [0.1, 0.15) is 57.3 Å². The van der Waals surface area contributed by atoms with E-state index in [4.69, 9.17) is 4.42 Å². The van der Waals surface area contributed by atoms with E-state index < -0.39 is 0 Å². The maximum absolute atomic E-state index is 5.77. The minimum atomic E-state index is 0.520. The summed E-state index contributed by atoms with van der Waals surface area (Å²) in [6.45, 7) is 7.55. The highest BCUT2D eigenvalue weighted by atomic mass is 16.3. The standard InChI is InChI=1S/C17H28N2O/c1-13(2)18-11-15-8-10-20-17(15)12-19-9-4-6-14-5-3-7-16(14)19/h8,10,13-14,16,18H,3-7,9,11-12H2,1-2H3. The lowest BCUT2D eigenvalue weighted by molar-refractivity contribution is 0.0975. The molecule has 0 radical (unpaired) electrons. The molecule has 112 valence electrons. The molecule has 0 aromatic carbocycles. The van der Waals surface area contributed by atoms with Crippen LogP contribution >= 0.6 is 0 Å². The second-order valence-electron chi connectivity index (χ2n) is 6.78. The van der Waals surface area contributed by atoms with E-state index in [-0.39, 0.29) is 0 Å². The number of piperidine rings is 1. The van der Waals surface area contributed by atoms with E-state index in [1.807, 2.05) is 6.26 Å². The molecule has 1 saturated carbocycles. The lowest BCUT2D eigenvalue weighted by Crippen LogP contribution is -2.42. The molecule has 1 N–H and O–H groups in total. The Hall–Kier alpha value is -0.800. The summed E-state index contributed by atoms with van der Waals surface area (Å²) in [5, 5.41) is 3.49.